The molecule has 24 heavy (non-hydrogen) atoms. The first-order chi connectivity index (χ1) is 11.0. The van der Waals surface area contributed by atoms with Crippen LogP contribution in [0.15, 0.2) is 0 Å². The molecular weight excluding hydrogens is 333 g/mol. The minimum absolute atomic E-state index is 0.0802. The maximum absolute atomic E-state index is 12.1. The third-order valence-corrected chi connectivity index (χ3v) is 3.15. The zero-order valence-electron chi connectivity index (χ0n) is 13.5. The van der Waals surface area contributed by atoms with Crippen molar-refractivity contribution in [1.82, 2.24) is 10.3 Å². The van der Waals surface area contributed by atoms with Crippen molar-refractivity contribution in [2.45, 2.75) is 33.1 Å². The average molecular weight is 350 g/mol. The predicted molar refractivity (Wildman–Crippen MR) is 75.5 cm³/mol. The summed E-state index contributed by atoms with van der Waals surface area (Å²) in [5.41, 5.74) is 0.690. The summed E-state index contributed by atoms with van der Waals surface area (Å²) >= 11 is 0. The second kappa shape index (κ2) is 7.37. The molecular formula is C14H17F3N2O5. The van der Waals surface area contributed by atoms with Crippen LogP contribution in [0.5, 0.6) is 0 Å². The van der Waals surface area contributed by atoms with Crippen molar-refractivity contribution in [2.24, 2.45) is 0 Å². The number of H-pyrrole nitrogens is 1. The van der Waals surface area contributed by atoms with Crippen molar-refractivity contribution in [2.75, 3.05) is 13.7 Å². The molecule has 0 saturated heterocycles. The summed E-state index contributed by atoms with van der Waals surface area (Å²) in [7, 11) is 1.18. The standard InChI is InChI=1S/C14H17F3N2O5/c1-6-9(12(21)23-4)7(2)19-10(6)13(22)24-8(3)11(20)18-5-14(15,16)17/h8,19H,5H2,1-4H3,(H,18,20)/t8-/m1/s1. The highest BCUT2D eigenvalue weighted by Crippen LogP contribution is 2.20. The topological polar surface area (TPSA) is 97.5 Å². The second-order valence-corrected chi connectivity index (χ2v) is 5.00. The molecule has 1 heterocycles. The number of rotatable bonds is 5. The molecule has 0 fully saturated rings. The van der Waals surface area contributed by atoms with Crippen LogP contribution in [-0.4, -0.2) is 48.8 Å². The van der Waals surface area contributed by atoms with E-state index >= 15 is 0 Å². The minimum atomic E-state index is -4.57. The van der Waals surface area contributed by atoms with Crippen molar-refractivity contribution in [3.05, 3.63) is 22.5 Å². The van der Waals surface area contributed by atoms with Gasteiger partial charge in [0.1, 0.15) is 12.2 Å². The Labute approximate surface area is 135 Å². The molecule has 0 saturated carbocycles. The number of halogens is 3. The molecule has 0 aliphatic rings. The molecule has 1 aromatic heterocycles. The lowest BCUT2D eigenvalue weighted by molar-refractivity contribution is -0.143. The highest BCUT2D eigenvalue weighted by molar-refractivity contribution is 5.99. The molecule has 2 N–H and O–H groups in total. The van der Waals surface area contributed by atoms with Crippen LogP contribution in [-0.2, 0) is 14.3 Å². The van der Waals surface area contributed by atoms with Crippen LogP contribution in [0, 0.1) is 13.8 Å². The van der Waals surface area contributed by atoms with Crippen molar-refractivity contribution in [3.63, 3.8) is 0 Å². The van der Waals surface area contributed by atoms with Crippen LogP contribution >= 0.6 is 0 Å². The van der Waals surface area contributed by atoms with E-state index in [1.54, 1.807) is 5.32 Å². The Balaban J connectivity index is 2.82. The first-order valence-electron chi connectivity index (χ1n) is 6.80. The van der Waals surface area contributed by atoms with Gasteiger partial charge in [0.05, 0.1) is 12.7 Å². The summed E-state index contributed by atoms with van der Waals surface area (Å²) in [6.45, 7) is 2.62. The number of ether oxygens (including phenoxy) is 2. The lowest BCUT2D eigenvalue weighted by atomic mass is 10.1. The highest BCUT2D eigenvalue weighted by atomic mass is 19.4. The summed E-state index contributed by atoms with van der Waals surface area (Å²) in [4.78, 5) is 37.8. The largest absolute Gasteiger partial charge is 0.465 e. The smallest absolute Gasteiger partial charge is 0.405 e. The first kappa shape index (κ1) is 19.5. The molecule has 7 nitrogen and oxygen atoms in total. The van der Waals surface area contributed by atoms with Crippen LogP contribution in [0.2, 0.25) is 0 Å². The van der Waals surface area contributed by atoms with Crippen LogP contribution < -0.4 is 5.32 Å². The monoisotopic (exact) mass is 350 g/mol. The number of alkyl halides is 3. The molecule has 1 aromatic rings. The number of aromatic amines is 1. The maximum Gasteiger partial charge on any atom is 0.405 e. The number of esters is 2. The van der Waals surface area contributed by atoms with Gasteiger partial charge in [0.2, 0.25) is 0 Å². The first-order valence-corrected chi connectivity index (χ1v) is 6.80. The van der Waals surface area contributed by atoms with Crippen molar-refractivity contribution < 1.29 is 37.0 Å². The van der Waals surface area contributed by atoms with E-state index in [2.05, 4.69) is 9.72 Å². The van der Waals surface area contributed by atoms with E-state index in [0.29, 0.717) is 5.69 Å². The van der Waals surface area contributed by atoms with Crippen LogP contribution in [0.25, 0.3) is 0 Å². The average Bonchev–Trinajstić information content (AvgIpc) is 2.78. The van der Waals surface area contributed by atoms with Crippen molar-refractivity contribution in [3.8, 4) is 0 Å². The van der Waals surface area contributed by atoms with E-state index in [1.807, 2.05) is 0 Å². The van der Waals surface area contributed by atoms with E-state index in [-0.39, 0.29) is 16.8 Å². The third-order valence-electron chi connectivity index (χ3n) is 3.15. The van der Waals surface area contributed by atoms with E-state index < -0.39 is 36.7 Å². The zero-order chi connectivity index (χ0) is 18.7. The quantitative estimate of drug-likeness (QED) is 0.787. The van der Waals surface area contributed by atoms with Gasteiger partial charge in [-0.3, -0.25) is 4.79 Å². The normalized spacial score (nSPS) is 12.5. The molecule has 0 aliphatic carbocycles. The van der Waals surface area contributed by atoms with Crippen molar-refractivity contribution >= 4 is 17.8 Å². The zero-order valence-corrected chi connectivity index (χ0v) is 13.5. The fourth-order valence-corrected chi connectivity index (χ4v) is 1.97. The molecule has 10 heteroatoms. The number of methoxy groups -OCH3 is 1. The Morgan fingerprint density at radius 2 is 1.79 bits per heavy atom. The molecule has 0 aliphatic heterocycles. The Bertz CT molecular complexity index is 652. The molecule has 0 bridgehead atoms. The molecule has 0 radical (unpaired) electrons. The van der Waals surface area contributed by atoms with Gasteiger partial charge < -0.3 is 19.8 Å². The van der Waals surface area contributed by atoms with Gasteiger partial charge in [0.15, 0.2) is 6.10 Å². The van der Waals surface area contributed by atoms with E-state index in [4.69, 9.17) is 4.74 Å². The van der Waals surface area contributed by atoms with Gasteiger partial charge in [-0.05, 0) is 26.3 Å². The molecule has 0 spiro atoms. The molecule has 0 aromatic carbocycles. The molecule has 1 atom stereocenters. The molecule has 0 unspecified atom stereocenters. The van der Waals surface area contributed by atoms with Gasteiger partial charge in [-0.25, -0.2) is 9.59 Å². The summed E-state index contributed by atoms with van der Waals surface area (Å²) in [5.74, 6) is -2.72. The SMILES string of the molecule is COC(=O)c1c(C)[nH]c(C(=O)O[C@H](C)C(=O)NCC(F)(F)F)c1C. The van der Waals surface area contributed by atoms with Crippen LogP contribution in [0.3, 0.4) is 0 Å². The van der Waals surface area contributed by atoms with Gasteiger partial charge in [-0.1, -0.05) is 0 Å². The lowest BCUT2D eigenvalue weighted by Crippen LogP contribution is -2.40. The lowest BCUT2D eigenvalue weighted by Gasteiger charge is -2.14. The fraction of sp³-hybridized carbons (Fsp3) is 0.500. The number of aromatic nitrogens is 1. The Morgan fingerprint density at radius 3 is 2.29 bits per heavy atom. The van der Waals surface area contributed by atoms with E-state index in [9.17, 15) is 27.6 Å². The molecule has 1 rings (SSSR count). The highest BCUT2D eigenvalue weighted by Gasteiger charge is 2.30. The number of nitrogens with one attached hydrogen (secondary N) is 2. The summed E-state index contributed by atoms with van der Waals surface area (Å²) in [6, 6.07) is 0. The van der Waals surface area contributed by atoms with Crippen LogP contribution in [0.4, 0.5) is 13.2 Å². The van der Waals surface area contributed by atoms with Gasteiger partial charge in [-0.15, -0.1) is 0 Å². The predicted octanol–water partition coefficient (Wildman–Crippen LogP) is 1.64. The Kier molecular flexibility index (Phi) is 5.99. The van der Waals surface area contributed by atoms with Gasteiger partial charge >= 0.3 is 18.1 Å². The number of hydrogen-bond donors (Lipinski definition) is 2. The second-order valence-electron chi connectivity index (χ2n) is 5.00. The Morgan fingerprint density at radius 1 is 1.21 bits per heavy atom. The number of amides is 1. The number of carbonyl (C=O) groups excluding carboxylic acids is 3. The fourth-order valence-electron chi connectivity index (χ4n) is 1.97. The van der Waals surface area contributed by atoms with Crippen LogP contribution in [0.1, 0.15) is 39.0 Å². The number of carbonyl (C=O) groups is 3. The summed E-state index contributed by atoms with van der Waals surface area (Å²) in [5, 5.41) is 1.61. The maximum atomic E-state index is 12.1. The minimum Gasteiger partial charge on any atom is -0.465 e. The van der Waals surface area contributed by atoms with Crippen molar-refractivity contribution in [1.29, 1.82) is 0 Å². The summed E-state index contributed by atoms with van der Waals surface area (Å²) in [6.07, 6.45) is -6.01. The number of hydrogen-bond acceptors (Lipinski definition) is 5. The third kappa shape index (κ3) is 4.74. The van der Waals surface area contributed by atoms with E-state index in [1.165, 1.54) is 21.0 Å². The van der Waals surface area contributed by atoms with Gasteiger partial charge in [-0.2, -0.15) is 13.2 Å². The Hall–Kier alpha value is -2.52. The summed E-state index contributed by atoms with van der Waals surface area (Å²) < 4.78 is 45.6. The number of aryl methyl sites for hydroxylation is 1. The van der Waals surface area contributed by atoms with Gasteiger partial charge in [0.25, 0.3) is 5.91 Å². The van der Waals surface area contributed by atoms with E-state index in [0.717, 1.165) is 6.92 Å². The molecule has 134 valence electrons. The molecule has 1 amide bonds. The van der Waals surface area contributed by atoms with Gasteiger partial charge in [0, 0.05) is 5.69 Å².